The molecule has 1 aliphatic heterocycles. The van der Waals surface area contributed by atoms with Crippen LogP contribution in [0.15, 0.2) is 77.5 Å². The van der Waals surface area contributed by atoms with E-state index in [1.54, 1.807) is 13.3 Å². The number of benzene rings is 2. The van der Waals surface area contributed by atoms with Gasteiger partial charge in [-0.15, -0.1) is 0 Å². The summed E-state index contributed by atoms with van der Waals surface area (Å²) in [5, 5.41) is 5.85. The Labute approximate surface area is 194 Å². The second-order valence-corrected chi connectivity index (χ2v) is 8.00. The summed E-state index contributed by atoms with van der Waals surface area (Å²) in [6, 6.07) is 18.9. The Bertz CT molecular complexity index is 1160. The molecule has 0 spiro atoms. The van der Waals surface area contributed by atoms with Crippen LogP contribution in [0, 0.1) is 3.57 Å². The second kappa shape index (κ2) is 9.30. The third-order valence-corrected chi connectivity index (χ3v) is 5.52. The number of hydrazone groups is 1. The molecule has 0 saturated carbocycles. The molecule has 6 nitrogen and oxygen atoms in total. The van der Waals surface area contributed by atoms with Gasteiger partial charge >= 0.3 is 0 Å². The zero-order valence-corrected chi connectivity index (χ0v) is 19.2. The molecule has 0 unspecified atom stereocenters. The van der Waals surface area contributed by atoms with Gasteiger partial charge in [-0.05, 0) is 77.6 Å². The highest BCUT2D eigenvalue weighted by Crippen LogP contribution is 2.35. The van der Waals surface area contributed by atoms with Crippen molar-refractivity contribution in [1.82, 2.24) is 4.98 Å². The molecule has 1 amide bonds. The number of halogens is 1. The number of ether oxygens (including phenoxy) is 2. The fraction of sp³-hybridized carbons (Fsp3) is 0.125. The number of pyridine rings is 1. The van der Waals surface area contributed by atoms with Crippen molar-refractivity contribution >= 4 is 46.0 Å². The molecule has 31 heavy (non-hydrogen) atoms. The van der Waals surface area contributed by atoms with Gasteiger partial charge in [-0.1, -0.05) is 24.3 Å². The summed E-state index contributed by atoms with van der Waals surface area (Å²) in [7, 11) is 1.60. The molecule has 0 aliphatic carbocycles. The molecule has 7 heteroatoms. The third-order valence-electron chi connectivity index (χ3n) is 4.72. The Balaban J connectivity index is 1.60. The molecule has 0 bridgehead atoms. The zero-order chi connectivity index (χ0) is 21.8. The number of hydrogen-bond acceptors (Lipinski definition) is 5. The molecule has 0 radical (unpaired) electrons. The van der Waals surface area contributed by atoms with E-state index in [9.17, 15) is 4.79 Å². The Morgan fingerprint density at radius 2 is 1.87 bits per heavy atom. The number of para-hydroxylation sites is 1. The van der Waals surface area contributed by atoms with Crippen LogP contribution in [0.5, 0.6) is 11.5 Å². The second-order valence-electron chi connectivity index (χ2n) is 6.84. The predicted octanol–water partition coefficient (Wildman–Crippen LogP) is 5.08. The molecule has 1 aromatic heterocycles. The topological polar surface area (TPSA) is 64.0 Å². The van der Waals surface area contributed by atoms with Crippen molar-refractivity contribution in [2.45, 2.75) is 13.5 Å². The van der Waals surface area contributed by atoms with Gasteiger partial charge in [0, 0.05) is 6.20 Å². The Morgan fingerprint density at radius 3 is 2.58 bits per heavy atom. The Morgan fingerprint density at radius 1 is 1.10 bits per heavy atom. The van der Waals surface area contributed by atoms with Crippen LogP contribution in [0.2, 0.25) is 0 Å². The number of amides is 1. The van der Waals surface area contributed by atoms with Gasteiger partial charge in [-0.25, -0.2) is 0 Å². The van der Waals surface area contributed by atoms with Gasteiger partial charge in [0.15, 0.2) is 11.5 Å². The summed E-state index contributed by atoms with van der Waals surface area (Å²) in [4.78, 5) is 17.2. The van der Waals surface area contributed by atoms with Crippen LogP contribution in [0.25, 0.3) is 6.08 Å². The lowest BCUT2D eigenvalue weighted by Gasteiger charge is -2.14. The lowest BCUT2D eigenvalue weighted by Crippen LogP contribution is -2.21. The van der Waals surface area contributed by atoms with Gasteiger partial charge in [0.25, 0.3) is 5.91 Å². The minimum Gasteiger partial charge on any atom is -0.493 e. The van der Waals surface area contributed by atoms with Crippen LogP contribution in [0.1, 0.15) is 18.2 Å². The lowest BCUT2D eigenvalue weighted by molar-refractivity contribution is -0.114. The fourth-order valence-corrected chi connectivity index (χ4v) is 3.97. The van der Waals surface area contributed by atoms with Crippen LogP contribution in [0.3, 0.4) is 0 Å². The van der Waals surface area contributed by atoms with E-state index in [0.717, 1.165) is 20.5 Å². The summed E-state index contributed by atoms with van der Waals surface area (Å²) in [5.74, 6) is 1.08. The van der Waals surface area contributed by atoms with Gasteiger partial charge in [0.1, 0.15) is 6.61 Å². The van der Waals surface area contributed by atoms with E-state index in [0.29, 0.717) is 29.4 Å². The standard InChI is InChI=1S/C24H20IN3O3/c1-16-20(24(29)28(27-16)19-9-4-3-5-10-19)12-17-13-21(25)23(22(14-17)30-2)31-15-18-8-6-7-11-26-18/h3-14H,15H2,1-2H3/b20-12+. The average Bonchev–Trinajstić information content (AvgIpc) is 3.07. The minimum atomic E-state index is -0.159. The van der Waals surface area contributed by atoms with Gasteiger partial charge < -0.3 is 9.47 Å². The summed E-state index contributed by atoms with van der Waals surface area (Å²) in [5.41, 5.74) is 3.61. The summed E-state index contributed by atoms with van der Waals surface area (Å²) >= 11 is 2.21. The fourth-order valence-electron chi connectivity index (χ4n) is 3.19. The maximum atomic E-state index is 13.0. The zero-order valence-electron chi connectivity index (χ0n) is 17.1. The normalized spacial score (nSPS) is 14.7. The Kier molecular flexibility index (Phi) is 6.31. The van der Waals surface area contributed by atoms with Crippen LogP contribution < -0.4 is 14.5 Å². The van der Waals surface area contributed by atoms with E-state index in [-0.39, 0.29) is 5.91 Å². The molecule has 0 fully saturated rings. The first kappa shape index (κ1) is 21.0. The number of anilines is 1. The van der Waals surface area contributed by atoms with Crippen molar-refractivity contribution in [3.63, 3.8) is 0 Å². The first-order valence-corrected chi connectivity index (χ1v) is 10.7. The summed E-state index contributed by atoms with van der Waals surface area (Å²) in [6.45, 7) is 2.17. The summed E-state index contributed by atoms with van der Waals surface area (Å²) in [6.07, 6.45) is 3.56. The van der Waals surface area contributed by atoms with Crippen molar-refractivity contribution in [1.29, 1.82) is 0 Å². The van der Waals surface area contributed by atoms with Gasteiger partial charge in [0.05, 0.1) is 33.3 Å². The largest absolute Gasteiger partial charge is 0.493 e. The van der Waals surface area contributed by atoms with Crippen molar-refractivity contribution in [3.05, 3.63) is 87.3 Å². The quantitative estimate of drug-likeness (QED) is 0.333. The third kappa shape index (κ3) is 4.61. The minimum absolute atomic E-state index is 0.159. The van der Waals surface area contributed by atoms with Crippen LogP contribution in [-0.2, 0) is 11.4 Å². The number of rotatable bonds is 6. The van der Waals surface area contributed by atoms with E-state index in [1.165, 1.54) is 5.01 Å². The molecular formula is C24H20IN3O3. The first-order valence-electron chi connectivity index (χ1n) is 9.64. The molecule has 2 heterocycles. The molecule has 0 N–H and O–H groups in total. The molecular weight excluding hydrogens is 505 g/mol. The van der Waals surface area contributed by atoms with E-state index < -0.39 is 0 Å². The smallest absolute Gasteiger partial charge is 0.280 e. The average molecular weight is 525 g/mol. The molecule has 0 atom stereocenters. The van der Waals surface area contributed by atoms with E-state index >= 15 is 0 Å². The molecule has 0 saturated heterocycles. The first-order chi connectivity index (χ1) is 15.1. The SMILES string of the molecule is COc1cc(/C=C2/C(=O)N(c3ccccc3)N=C2C)cc(I)c1OCc1ccccn1. The van der Waals surface area contributed by atoms with Gasteiger partial charge in [0.2, 0.25) is 0 Å². The van der Waals surface area contributed by atoms with E-state index in [1.807, 2.05) is 73.7 Å². The van der Waals surface area contributed by atoms with Crippen LogP contribution in [-0.4, -0.2) is 23.7 Å². The van der Waals surface area contributed by atoms with Crippen LogP contribution in [0.4, 0.5) is 5.69 Å². The number of aromatic nitrogens is 1. The molecule has 1 aliphatic rings. The molecule has 3 aromatic rings. The molecule has 4 rings (SSSR count). The van der Waals surface area contributed by atoms with Crippen molar-refractivity contribution < 1.29 is 14.3 Å². The van der Waals surface area contributed by atoms with Crippen LogP contribution >= 0.6 is 22.6 Å². The van der Waals surface area contributed by atoms with Crippen molar-refractivity contribution in [3.8, 4) is 11.5 Å². The maximum Gasteiger partial charge on any atom is 0.280 e. The molecule has 2 aromatic carbocycles. The number of nitrogens with zero attached hydrogens (tertiary/aromatic N) is 3. The lowest BCUT2D eigenvalue weighted by atomic mass is 10.1. The highest BCUT2D eigenvalue weighted by Gasteiger charge is 2.28. The van der Waals surface area contributed by atoms with E-state index in [4.69, 9.17) is 9.47 Å². The molecule has 156 valence electrons. The number of carbonyl (C=O) groups excluding carboxylic acids is 1. The van der Waals surface area contributed by atoms with Gasteiger partial charge in [-0.2, -0.15) is 10.1 Å². The monoisotopic (exact) mass is 525 g/mol. The number of hydrogen-bond donors (Lipinski definition) is 0. The Hall–Kier alpha value is -3.20. The number of methoxy groups -OCH3 is 1. The highest BCUT2D eigenvalue weighted by atomic mass is 127. The summed E-state index contributed by atoms with van der Waals surface area (Å²) < 4.78 is 12.4. The van der Waals surface area contributed by atoms with Gasteiger partial charge in [-0.3, -0.25) is 9.78 Å². The van der Waals surface area contributed by atoms with Crippen molar-refractivity contribution in [2.24, 2.45) is 5.10 Å². The highest BCUT2D eigenvalue weighted by molar-refractivity contribution is 14.1. The van der Waals surface area contributed by atoms with E-state index in [2.05, 4.69) is 32.7 Å². The number of carbonyl (C=O) groups is 1. The van der Waals surface area contributed by atoms with Crippen molar-refractivity contribution in [2.75, 3.05) is 12.1 Å². The maximum absolute atomic E-state index is 13.0. The predicted molar refractivity (Wildman–Crippen MR) is 129 cm³/mol.